The second kappa shape index (κ2) is 7.61. The van der Waals surface area contributed by atoms with Gasteiger partial charge in [0.2, 0.25) is 0 Å². The summed E-state index contributed by atoms with van der Waals surface area (Å²) in [7, 11) is 0. The van der Waals surface area contributed by atoms with Gasteiger partial charge in [-0.15, -0.1) is 11.8 Å². The average Bonchev–Trinajstić information content (AvgIpc) is 2.09. The Bertz CT molecular complexity index is 231. The van der Waals surface area contributed by atoms with E-state index in [0.29, 0.717) is 12.0 Å². The first-order valence-electron chi connectivity index (χ1n) is 3.82. The third-order valence-corrected chi connectivity index (χ3v) is 1.70. The number of carbonyl (C=O) groups excluding carboxylic acids is 2. The first-order chi connectivity index (χ1) is 6.20. The molecule has 0 aromatic rings. The van der Waals surface area contributed by atoms with Crippen molar-refractivity contribution in [1.29, 1.82) is 0 Å². The van der Waals surface area contributed by atoms with Crippen molar-refractivity contribution in [1.82, 2.24) is 0 Å². The summed E-state index contributed by atoms with van der Waals surface area (Å²) < 4.78 is 4.81. The smallest absolute Gasteiger partial charge is 0.308 e. The molecule has 0 aliphatic carbocycles. The SMILES string of the molecule is CCSC=C(C=CC=O)OC(C)=O. The van der Waals surface area contributed by atoms with Crippen molar-refractivity contribution in [2.75, 3.05) is 5.75 Å². The zero-order valence-corrected chi connectivity index (χ0v) is 8.47. The zero-order valence-electron chi connectivity index (χ0n) is 7.65. The quantitative estimate of drug-likeness (QED) is 0.223. The summed E-state index contributed by atoms with van der Waals surface area (Å²) in [5, 5.41) is 1.70. The number of aldehydes is 1. The second-order valence-corrected chi connectivity index (χ2v) is 3.21. The maximum Gasteiger partial charge on any atom is 0.308 e. The van der Waals surface area contributed by atoms with E-state index in [1.54, 1.807) is 5.41 Å². The molecule has 0 fully saturated rings. The third-order valence-electron chi connectivity index (χ3n) is 0.967. The van der Waals surface area contributed by atoms with Gasteiger partial charge in [0, 0.05) is 12.3 Å². The average molecular weight is 200 g/mol. The highest BCUT2D eigenvalue weighted by Gasteiger charge is 1.96. The summed E-state index contributed by atoms with van der Waals surface area (Å²) in [5.74, 6) is 0.893. The first-order valence-corrected chi connectivity index (χ1v) is 4.87. The summed E-state index contributed by atoms with van der Waals surface area (Å²) in [6.07, 6.45) is 3.37. The Balaban J connectivity index is 4.25. The summed E-state index contributed by atoms with van der Waals surface area (Å²) in [6, 6.07) is 0. The summed E-state index contributed by atoms with van der Waals surface area (Å²) >= 11 is 1.50. The molecule has 72 valence electrons. The number of hydrogen-bond donors (Lipinski definition) is 0. The highest BCUT2D eigenvalue weighted by atomic mass is 32.2. The third kappa shape index (κ3) is 7.33. The van der Waals surface area contributed by atoms with Gasteiger partial charge in [-0.05, 0) is 17.9 Å². The van der Waals surface area contributed by atoms with Crippen molar-refractivity contribution in [3.8, 4) is 0 Å². The molecule has 0 aliphatic rings. The zero-order chi connectivity index (χ0) is 10.1. The molecule has 0 bridgehead atoms. The van der Waals surface area contributed by atoms with E-state index in [-0.39, 0.29) is 0 Å². The van der Waals surface area contributed by atoms with Crippen molar-refractivity contribution < 1.29 is 14.3 Å². The van der Waals surface area contributed by atoms with E-state index in [1.807, 2.05) is 6.92 Å². The summed E-state index contributed by atoms with van der Waals surface area (Å²) in [4.78, 5) is 20.6. The fourth-order valence-corrected chi connectivity index (χ4v) is 1.02. The van der Waals surface area contributed by atoms with Crippen LogP contribution in [0.1, 0.15) is 13.8 Å². The predicted octanol–water partition coefficient (Wildman–Crippen LogP) is 1.90. The lowest BCUT2D eigenvalue weighted by Crippen LogP contribution is -1.96. The molecule has 0 aliphatic heterocycles. The predicted molar refractivity (Wildman–Crippen MR) is 53.2 cm³/mol. The Morgan fingerprint density at radius 3 is 2.69 bits per heavy atom. The minimum absolute atomic E-state index is 0.390. The summed E-state index contributed by atoms with van der Waals surface area (Å²) in [6.45, 7) is 3.30. The Morgan fingerprint density at radius 1 is 1.54 bits per heavy atom. The number of allylic oxidation sites excluding steroid dienone is 2. The van der Waals surface area contributed by atoms with Gasteiger partial charge in [-0.2, -0.15) is 0 Å². The normalized spacial score (nSPS) is 11.7. The highest BCUT2D eigenvalue weighted by Crippen LogP contribution is 2.09. The van der Waals surface area contributed by atoms with Gasteiger partial charge in [-0.1, -0.05) is 6.92 Å². The van der Waals surface area contributed by atoms with E-state index < -0.39 is 5.97 Å². The Hall–Kier alpha value is -1.03. The van der Waals surface area contributed by atoms with E-state index >= 15 is 0 Å². The number of esters is 1. The maximum atomic E-state index is 10.6. The second-order valence-electron chi connectivity index (χ2n) is 2.06. The number of ether oxygens (including phenoxy) is 1. The van der Waals surface area contributed by atoms with Gasteiger partial charge in [-0.25, -0.2) is 0 Å². The molecule has 0 rings (SSSR count). The molecule has 0 spiro atoms. The van der Waals surface area contributed by atoms with E-state index in [9.17, 15) is 9.59 Å². The molecule has 0 aromatic carbocycles. The van der Waals surface area contributed by atoms with Gasteiger partial charge in [0.15, 0.2) is 0 Å². The van der Waals surface area contributed by atoms with Gasteiger partial charge in [0.25, 0.3) is 0 Å². The topological polar surface area (TPSA) is 43.4 Å². The van der Waals surface area contributed by atoms with Gasteiger partial charge in [0.1, 0.15) is 12.0 Å². The molecular formula is C9H12O3S. The van der Waals surface area contributed by atoms with E-state index in [0.717, 1.165) is 5.75 Å². The van der Waals surface area contributed by atoms with Crippen LogP contribution in [-0.4, -0.2) is 18.0 Å². The lowest BCUT2D eigenvalue weighted by Gasteiger charge is -2.00. The fraction of sp³-hybridized carbons (Fsp3) is 0.333. The van der Waals surface area contributed by atoms with Gasteiger partial charge < -0.3 is 4.74 Å². The van der Waals surface area contributed by atoms with Crippen LogP contribution in [0, 0.1) is 0 Å². The number of carbonyl (C=O) groups is 2. The molecule has 13 heavy (non-hydrogen) atoms. The molecule has 0 atom stereocenters. The molecule has 0 radical (unpaired) electrons. The molecule has 0 unspecified atom stereocenters. The maximum absolute atomic E-state index is 10.6. The van der Waals surface area contributed by atoms with Crippen molar-refractivity contribution in [3.63, 3.8) is 0 Å². The molecule has 0 amide bonds. The van der Waals surface area contributed by atoms with Crippen LogP contribution in [0.5, 0.6) is 0 Å². The Kier molecular flexibility index (Phi) is 7.01. The first kappa shape index (κ1) is 12.0. The molecule has 4 heteroatoms. The lowest BCUT2D eigenvalue weighted by molar-refractivity contribution is -0.136. The molecule has 0 saturated carbocycles. The molecule has 3 nitrogen and oxygen atoms in total. The van der Waals surface area contributed by atoms with Crippen LogP contribution < -0.4 is 0 Å². The molecule has 0 N–H and O–H groups in total. The molecular weight excluding hydrogens is 188 g/mol. The van der Waals surface area contributed by atoms with E-state index in [4.69, 9.17) is 4.74 Å². The van der Waals surface area contributed by atoms with Crippen LogP contribution in [0.2, 0.25) is 0 Å². The van der Waals surface area contributed by atoms with Gasteiger partial charge in [-0.3, -0.25) is 9.59 Å². The minimum Gasteiger partial charge on any atom is -0.426 e. The minimum atomic E-state index is -0.390. The van der Waals surface area contributed by atoms with Crippen molar-refractivity contribution in [2.24, 2.45) is 0 Å². The van der Waals surface area contributed by atoms with Crippen LogP contribution >= 0.6 is 11.8 Å². The molecule has 0 heterocycles. The van der Waals surface area contributed by atoms with Crippen molar-refractivity contribution in [3.05, 3.63) is 23.3 Å². The monoisotopic (exact) mass is 200 g/mol. The summed E-state index contributed by atoms with van der Waals surface area (Å²) in [5.41, 5.74) is 0. The number of rotatable bonds is 5. The van der Waals surface area contributed by atoms with E-state index in [1.165, 1.54) is 30.8 Å². The van der Waals surface area contributed by atoms with Gasteiger partial charge >= 0.3 is 5.97 Å². The van der Waals surface area contributed by atoms with Crippen LogP contribution in [0.4, 0.5) is 0 Å². The van der Waals surface area contributed by atoms with Crippen LogP contribution in [0.3, 0.4) is 0 Å². The molecule has 0 saturated heterocycles. The highest BCUT2D eigenvalue weighted by molar-refractivity contribution is 8.02. The largest absolute Gasteiger partial charge is 0.426 e. The lowest BCUT2D eigenvalue weighted by atomic mass is 10.4. The molecule has 0 aromatic heterocycles. The van der Waals surface area contributed by atoms with Crippen molar-refractivity contribution >= 4 is 24.0 Å². The van der Waals surface area contributed by atoms with Crippen molar-refractivity contribution in [2.45, 2.75) is 13.8 Å². The number of thioether (sulfide) groups is 1. The standard InChI is InChI=1S/C9H12O3S/c1-3-13-7-9(5-4-6-10)12-8(2)11/h4-7H,3H2,1-2H3. The van der Waals surface area contributed by atoms with E-state index in [2.05, 4.69) is 0 Å². The Labute approximate surface area is 81.8 Å². The fourth-order valence-electron chi connectivity index (χ4n) is 0.563. The van der Waals surface area contributed by atoms with Crippen LogP contribution in [-0.2, 0) is 14.3 Å². The Morgan fingerprint density at radius 2 is 2.23 bits per heavy atom. The van der Waals surface area contributed by atoms with Gasteiger partial charge in [0.05, 0.1) is 0 Å². The van der Waals surface area contributed by atoms with Crippen LogP contribution in [0.25, 0.3) is 0 Å². The van der Waals surface area contributed by atoms with Crippen LogP contribution in [0.15, 0.2) is 23.3 Å². The number of hydrogen-bond acceptors (Lipinski definition) is 4.